The van der Waals surface area contributed by atoms with Gasteiger partial charge in [0, 0.05) is 17.1 Å². The number of benzene rings is 1. The smallest absolute Gasteiger partial charge is 0.478 e. The molecule has 0 aliphatic heterocycles. The van der Waals surface area contributed by atoms with E-state index in [-0.39, 0.29) is 10.9 Å². The predicted molar refractivity (Wildman–Crippen MR) is 51.9 cm³/mol. The molecule has 0 aliphatic rings. The van der Waals surface area contributed by atoms with Crippen molar-refractivity contribution in [3.05, 3.63) is 30.0 Å². The van der Waals surface area contributed by atoms with E-state index in [1.165, 1.54) is 12.3 Å². The van der Waals surface area contributed by atoms with Gasteiger partial charge >= 0.3 is 12.3 Å². The topological polar surface area (TPSA) is 62.3 Å². The highest BCUT2D eigenvalue weighted by molar-refractivity contribution is 6.03. The number of carboxylic acids is 1. The first-order valence-electron chi connectivity index (χ1n) is 4.47. The third kappa shape index (κ3) is 2.32. The minimum atomic E-state index is -4.80. The molecule has 7 heteroatoms. The van der Waals surface area contributed by atoms with Crippen molar-refractivity contribution >= 4 is 16.9 Å². The molecular weight excluding hydrogens is 239 g/mol. The van der Waals surface area contributed by atoms with Crippen LogP contribution in [0.5, 0.6) is 5.75 Å². The number of aromatic nitrogens is 1. The number of halogens is 3. The number of carboxylic acid groups (broad SMARTS) is 1. The van der Waals surface area contributed by atoms with Crippen LogP contribution in [0.1, 0.15) is 10.4 Å². The Labute approximate surface area is 92.6 Å². The summed E-state index contributed by atoms with van der Waals surface area (Å²) in [5.41, 5.74) is 0.324. The summed E-state index contributed by atoms with van der Waals surface area (Å²) < 4.78 is 39.6. The Morgan fingerprint density at radius 3 is 2.65 bits per heavy atom. The molecule has 0 saturated carbocycles. The number of carbonyl (C=O) groups is 1. The van der Waals surface area contributed by atoms with Gasteiger partial charge < -0.3 is 14.8 Å². The van der Waals surface area contributed by atoms with Gasteiger partial charge in [0.15, 0.2) is 0 Å². The lowest BCUT2D eigenvalue weighted by Crippen LogP contribution is -2.17. The molecule has 0 amide bonds. The van der Waals surface area contributed by atoms with E-state index in [2.05, 4.69) is 9.72 Å². The van der Waals surface area contributed by atoms with E-state index in [1.54, 1.807) is 0 Å². The molecule has 0 spiro atoms. The Kier molecular flexibility index (Phi) is 2.45. The number of aromatic carboxylic acids is 1. The molecule has 1 aromatic heterocycles. The molecule has 2 N–H and O–H groups in total. The van der Waals surface area contributed by atoms with E-state index in [0.29, 0.717) is 5.52 Å². The van der Waals surface area contributed by atoms with Gasteiger partial charge in [-0.3, -0.25) is 0 Å². The first-order chi connectivity index (χ1) is 7.87. The van der Waals surface area contributed by atoms with E-state index in [9.17, 15) is 18.0 Å². The Morgan fingerprint density at radius 2 is 2.06 bits per heavy atom. The van der Waals surface area contributed by atoms with Crippen molar-refractivity contribution in [1.29, 1.82) is 0 Å². The third-order valence-corrected chi connectivity index (χ3v) is 2.12. The Bertz CT molecular complexity index is 574. The van der Waals surface area contributed by atoms with Crippen LogP contribution < -0.4 is 4.74 Å². The van der Waals surface area contributed by atoms with E-state index >= 15 is 0 Å². The molecular formula is C10H6F3NO3. The molecule has 2 rings (SSSR count). The maximum atomic E-state index is 12.0. The lowest BCUT2D eigenvalue weighted by Gasteiger charge is -2.08. The summed E-state index contributed by atoms with van der Waals surface area (Å²) in [4.78, 5) is 13.4. The molecule has 1 aromatic carbocycles. The molecule has 0 aliphatic carbocycles. The highest BCUT2D eigenvalue weighted by atomic mass is 19.4. The van der Waals surface area contributed by atoms with Crippen LogP contribution in [0.25, 0.3) is 10.9 Å². The van der Waals surface area contributed by atoms with Gasteiger partial charge in [-0.05, 0) is 18.2 Å². The number of nitrogens with one attached hydrogen (secondary N) is 1. The van der Waals surface area contributed by atoms with Crippen LogP contribution in [0.3, 0.4) is 0 Å². The average molecular weight is 245 g/mol. The molecule has 0 radical (unpaired) electrons. The zero-order valence-corrected chi connectivity index (χ0v) is 8.21. The van der Waals surface area contributed by atoms with Crippen molar-refractivity contribution in [2.24, 2.45) is 0 Å². The molecule has 17 heavy (non-hydrogen) atoms. The van der Waals surface area contributed by atoms with Gasteiger partial charge in [0.05, 0.1) is 5.56 Å². The SMILES string of the molecule is O=C(O)c1c[nH]c2ccc(OC(F)(F)F)cc12. The second-order valence-electron chi connectivity index (χ2n) is 3.26. The molecule has 0 bridgehead atoms. The zero-order valence-electron chi connectivity index (χ0n) is 8.21. The Hall–Kier alpha value is -2.18. The normalized spacial score (nSPS) is 11.7. The number of rotatable bonds is 2. The maximum Gasteiger partial charge on any atom is 0.573 e. The van der Waals surface area contributed by atoms with Gasteiger partial charge in [0.2, 0.25) is 0 Å². The van der Waals surface area contributed by atoms with Crippen molar-refractivity contribution < 1.29 is 27.8 Å². The number of ether oxygens (including phenoxy) is 1. The second kappa shape index (κ2) is 3.69. The number of fused-ring (bicyclic) bond motifs is 1. The van der Waals surface area contributed by atoms with Crippen LogP contribution in [0.2, 0.25) is 0 Å². The van der Waals surface area contributed by atoms with Crippen molar-refractivity contribution in [3.8, 4) is 5.75 Å². The number of H-pyrrole nitrogens is 1. The number of alkyl halides is 3. The fraction of sp³-hybridized carbons (Fsp3) is 0.100. The van der Waals surface area contributed by atoms with Gasteiger partial charge in [0.1, 0.15) is 5.75 Å². The minimum Gasteiger partial charge on any atom is -0.478 e. The predicted octanol–water partition coefficient (Wildman–Crippen LogP) is 2.76. The summed E-state index contributed by atoms with van der Waals surface area (Å²) in [7, 11) is 0. The van der Waals surface area contributed by atoms with Crippen LogP contribution in [0.15, 0.2) is 24.4 Å². The van der Waals surface area contributed by atoms with Gasteiger partial charge in [-0.15, -0.1) is 13.2 Å². The minimum absolute atomic E-state index is 0.104. The summed E-state index contributed by atoms with van der Waals surface area (Å²) in [6.07, 6.45) is -3.59. The van der Waals surface area contributed by atoms with Gasteiger partial charge in [-0.25, -0.2) is 4.79 Å². The fourth-order valence-corrected chi connectivity index (χ4v) is 1.47. The first kappa shape index (κ1) is 11.3. The Morgan fingerprint density at radius 1 is 1.35 bits per heavy atom. The molecule has 2 aromatic rings. The monoisotopic (exact) mass is 245 g/mol. The standard InChI is InChI=1S/C10H6F3NO3/c11-10(12,13)17-5-1-2-8-6(3-5)7(4-14-8)9(15)16/h1-4,14H,(H,15,16). The fourth-order valence-electron chi connectivity index (χ4n) is 1.47. The van der Waals surface area contributed by atoms with Crippen molar-refractivity contribution in [3.63, 3.8) is 0 Å². The zero-order chi connectivity index (χ0) is 12.6. The quantitative estimate of drug-likeness (QED) is 0.855. The van der Waals surface area contributed by atoms with Crippen LogP contribution in [-0.4, -0.2) is 22.4 Å². The van der Waals surface area contributed by atoms with Crippen LogP contribution >= 0.6 is 0 Å². The van der Waals surface area contributed by atoms with Crippen molar-refractivity contribution in [1.82, 2.24) is 4.98 Å². The average Bonchev–Trinajstić information content (AvgIpc) is 2.57. The number of hydrogen-bond acceptors (Lipinski definition) is 2. The molecule has 0 unspecified atom stereocenters. The summed E-state index contributed by atoms with van der Waals surface area (Å²) in [5.74, 6) is -1.67. The van der Waals surface area contributed by atoms with Crippen molar-refractivity contribution in [2.75, 3.05) is 0 Å². The molecule has 90 valence electrons. The summed E-state index contributed by atoms with van der Waals surface area (Å²) in [6.45, 7) is 0. The summed E-state index contributed by atoms with van der Waals surface area (Å²) in [6, 6.07) is 3.46. The van der Waals surface area contributed by atoms with E-state index < -0.39 is 18.1 Å². The van der Waals surface area contributed by atoms with Crippen LogP contribution in [0.4, 0.5) is 13.2 Å². The largest absolute Gasteiger partial charge is 0.573 e. The van der Waals surface area contributed by atoms with E-state index in [0.717, 1.165) is 12.1 Å². The maximum absolute atomic E-state index is 12.0. The lowest BCUT2D eigenvalue weighted by atomic mass is 10.2. The number of aromatic amines is 1. The van der Waals surface area contributed by atoms with Gasteiger partial charge in [-0.1, -0.05) is 0 Å². The van der Waals surface area contributed by atoms with Gasteiger partial charge in [0.25, 0.3) is 0 Å². The lowest BCUT2D eigenvalue weighted by molar-refractivity contribution is -0.274. The third-order valence-electron chi connectivity index (χ3n) is 2.12. The van der Waals surface area contributed by atoms with Crippen LogP contribution in [-0.2, 0) is 0 Å². The second-order valence-corrected chi connectivity index (χ2v) is 3.26. The van der Waals surface area contributed by atoms with E-state index in [1.807, 2.05) is 0 Å². The van der Waals surface area contributed by atoms with Crippen molar-refractivity contribution in [2.45, 2.75) is 6.36 Å². The van der Waals surface area contributed by atoms with E-state index in [4.69, 9.17) is 5.11 Å². The molecule has 4 nitrogen and oxygen atoms in total. The highest BCUT2D eigenvalue weighted by Gasteiger charge is 2.31. The van der Waals surface area contributed by atoms with Gasteiger partial charge in [-0.2, -0.15) is 0 Å². The number of hydrogen-bond donors (Lipinski definition) is 2. The highest BCUT2D eigenvalue weighted by Crippen LogP contribution is 2.27. The van der Waals surface area contributed by atoms with Crippen LogP contribution in [0, 0.1) is 0 Å². The molecule has 1 heterocycles. The summed E-state index contributed by atoms with van der Waals surface area (Å²) in [5, 5.41) is 8.98. The first-order valence-corrected chi connectivity index (χ1v) is 4.47. The summed E-state index contributed by atoms with van der Waals surface area (Å²) >= 11 is 0. The molecule has 0 saturated heterocycles. The Balaban J connectivity index is 2.48. The molecule has 0 fully saturated rings. The molecule has 0 atom stereocenters.